The molecule has 1 aromatic carbocycles. The molecule has 1 unspecified atom stereocenters. The molecule has 1 aliphatic heterocycles. The lowest BCUT2D eigenvalue weighted by Gasteiger charge is -2.12. The number of nitrogens with one attached hydrogen (secondary N) is 2. The molecule has 0 bridgehead atoms. The second-order valence-electron chi connectivity index (χ2n) is 7.29. The van der Waals surface area contributed by atoms with Crippen LogP contribution in [0.1, 0.15) is 28.0 Å². The standard InChI is InChI=1S/C21H22N4O6S/c1-13-14(2)24-31-21(13)25-32(27,28)18-5-3-16(4-6-18)23-20(26)15-7-9-22-19(11-15)30-17-8-10-29-12-17/h3-7,9,11,17,25H,8,10,12H2,1-2H3,(H,23,26). The number of anilines is 2. The summed E-state index contributed by atoms with van der Waals surface area (Å²) in [6.07, 6.45) is 2.19. The Morgan fingerprint density at radius 2 is 1.97 bits per heavy atom. The summed E-state index contributed by atoms with van der Waals surface area (Å²) < 4.78 is 43.5. The smallest absolute Gasteiger partial charge is 0.264 e. The summed E-state index contributed by atoms with van der Waals surface area (Å²) in [5.41, 5.74) is 2.01. The van der Waals surface area contributed by atoms with Crippen molar-refractivity contribution in [3.63, 3.8) is 0 Å². The molecule has 11 heteroatoms. The van der Waals surface area contributed by atoms with Crippen molar-refractivity contribution in [3.05, 3.63) is 59.4 Å². The zero-order valence-corrected chi connectivity index (χ0v) is 18.3. The van der Waals surface area contributed by atoms with E-state index >= 15 is 0 Å². The van der Waals surface area contributed by atoms with E-state index in [1.807, 2.05) is 0 Å². The maximum atomic E-state index is 12.6. The number of hydrogen-bond donors (Lipinski definition) is 2. The van der Waals surface area contributed by atoms with Gasteiger partial charge < -0.3 is 19.3 Å². The second-order valence-corrected chi connectivity index (χ2v) is 8.97. The molecule has 3 heterocycles. The molecule has 0 spiro atoms. The van der Waals surface area contributed by atoms with E-state index in [9.17, 15) is 13.2 Å². The molecule has 1 aliphatic rings. The normalized spacial score (nSPS) is 16.0. The number of carbonyl (C=O) groups excluding carboxylic acids is 1. The molecule has 0 radical (unpaired) electrons. The lowest BCUT2D eigenvalue weighted by Crippen LogP contribution is -2.17. The molecule has 1 saturated heterocycles. The van der Waals surface area contributed by atoms with Gasteiger partial charge in [-0.3, -0.25) is 4.79 Å². The Labute approximate surface area is 185 Å². The minimum absolute atomic E-state index is 0.0160. The average Bonchev–Trinajstić information content (AvgIpc) is 3.39. The molecule has 4 rings (SSSR count). The highest BCUT2D eigenvalue weighted by molar-refractivity contribution is 7.92. The summed E-state index contributed by atoms with van der Waals surface area (Å²) in [7, 11) is -3.87. The van der Waals surface area contributed by atoms with Gasteiger partial charge in [-0.25, -0.2) is 18.1 Å². The molecule has 3 aromatic rings. The first kappa shape index (κ1) is 21.8. The maximum Gasteiger partial charge on any atom is 0.264 e. The number of aryl methyl sites for hydroxylation is 1. The molecule has 2 aromatic heterocycles. The van der Waals surface area contributed by atoms with Crippen LogP contribution in [0.25, 0.3) is 0 Å². The van der Waals surface area contributed by atoms with E-state index in [2.05, 4.69) is 20.2 Å². The van der Waals surface area contributed by atoms with E-state index in [0.717, 1.165) is 6.42 Å². The fraction of sp³-hybridized carbons (Fsp3) is 0.286. The van der Waals surface area contributed by atoms with Crippen molar-refractivity contribution in [1.82, 2.24) is 10.1 Å². The van der Waals surface area contributed by atoms with Crippen LogP contribution in [-0.4, -0.2) is 43.8 Å². The number of rotatable bonds is 7. The first-order valence-corrected chi connectivity index (χ1v) is 11.4. The molecule has 0 saturated carbocycles. The average molecular weight is 458 g/mol. The van der Waals surface area contributed by atoms with Gasteiger partial charge >= 0.3 is 0 Å². The van der Waals surface area contributed by atoms with Gasteiger partial charge in [0.1, 0.15) is 6.10 Å². The van der Waals surface area contributed by atoms with E-state index in [1.54, 1.807) is 26.0 Å². The molecule has 10 nitrogen and oxygen atoms in total. The Balaban J connectivity index is 1.42. The van der Waals surface area contributed by atoms with E-state index in [0.29, 0.717) is 41.6 Å². The maximum absolute atomic E-state index is 12.6. The zero-order valence-electron chi connectivity index (χ0n) is 17.5. The van der Waals surface area contributed by atoms with Crippen molar-refractivity contribution in [1.29, 1.82) is 0 Å². The quantitative estimate of drug-likeness (QED) is 0.552. The van der Waals surface area contributed by atoms with Gasteiger partial charge in [0.15, 0.2) is 0 Å². The first-order chi connectivity index (χ1) is 15.3. The third kappa shape index (κ3) is 4.89. The van der Waals surface area contributed by atoms with Gasteiger partial charge in [-0.2, -0.15) is 0 Å². The number of benzene rings is 1. The fourth-order valence-electron chi connectivity index (χ4n) is 3.00. The fourth-order valence-corrected chi connectivity index (χ4v) is 4.05. The van der Waals surface area contributed by atoms with Crippen LogP contribution < -0.4 is 14.8 Å². The van der Waals surface area contributed by atoms with Crippen LogP contribution in [0.5, 0.6) is 5.88 Å². The molecule has 1 amide bonds. The summed E-state index contributed by atoms with van der Waals surface area (Å²) in [6.45, 7) is 4.57. The van der Waals surface area contributed by atoms with Gasteiger partial charge in [0.25, 0.3) is 15.9 Å². The van der Waals surface area contributed by atoms with E-state index in [-0.39, 0.29) is 22.8 Å². The van der Waals surface area contributed by atoms with Crippen LogP contribution in [0.4, 0.5) is 11.6 Å². The van der Waals surface area contributed by atoms with Crippen molar-refractivity contribution in [3.8, 4) is 5.88 Å². The van der Waals surface area contributed by atoms with Gasteiger partial charge in [0.05, 0.1) is 23.8 Å². The number of aromatic nitrogens is 2. The van der Waals surface area contributed by atoms with E-state index < -0.39 is 10.0 Å². The van der Waals surface area contributed by atoms with Crippen molar-refractivity contribution in [2.24, 2.45) is 0 Å². The molecular weight excluding hydrogens is 436 g/mol. The summed E-state index contributed by atoms with van der Waals surface area (Å²) in [5, 5.41) is 6.46. The number of ether oxygens (including phenoxy) is 2. The van der Waals surface area contributed by atoms with Crippen LogP contribution in [-0.2, 0) is 14.8 Å². The summed E-state index contributed by atoms with van der Waals surface area (Å²) in [5.74, 6) is 0.0415. The number of nitrogens with zero attached hydrogens (tertiary/aromatic N) is 2. The van der Waals surface area contributed by atoms with Gasteiger partial charge in [-0.05, 0) is 44.2 Å². The minimum atomic E-state index is -3.87. The second kappa shape index (κ2) is 8.97. The van der Waals surface area contributed by atoms with Crippen LogP contribution in [0.2, 0.25) is 0 Å². The first-order valence-electron chi connectivity index (χ1n) is 9.89. The van der Waals surface area contributed by atoms with Crippen LogP contribution >= 0.6 is 0 Å². The van der Waals surface area contributed by atoms with Gasteiger partial charge in [0.2, 0.25) is 11.8 Å². The third-order valence-electron chi connectivity index (χ3n) is 4.98. The lowest BCUT2D eigenvalue weighted by molar-refractivity contribution is 0.102. The molecule has 168 valence electrons. The highest BCUT2D eigenvalue weighted by Gasteiger charge is 2.20. The highest BCUT2D eigenvalue weighted by Crippen LogP contribution is 2.23. The Morgan fingerprint density at radius 1 is 1.19 bits per heavy atom. The van der Waals surface area contributed by atoms with Crippen molar-refractivity contribution < 1.29 is 27.2 Å². The number of hydrogen-bond acceptors (Lipinski definition) is 8. The van der Waals surface area contributed by atoms with Crippen LogP contribution in [0.3, 0.4) is 0 Å². The molecule has 1 atom stereocenters. The molecular formula is C21H22N4O6S. The van der Waals surface area contributed by atoms with E-state index in [1.165, 1.54) is 30.5 Å². The third-order valence-corrected chi connectivity index (χ3v) is 6.33. The number of amides is 1. The van der Waals surface area contributed by atoms with Crippen LogP contribution in [0, 0.1) is 13.8 Å². The number of carbonyl (C=O) groups is 1. The molecule has 32 heavy (non-hydrogen) atoms. The van der Waals surface area contributed by atoms with Crippen molar-refractivity contribution in [2.75, 3.05) is 23.3 Å². The predicted octanol–water partition coefficient (Wildman–Crippen LogP) is 2.91. The number of sulfonamides is 1. The predicted molar refractivity (Wildman–Crippen MR) is 115 cm³/mol. The van der Waals surface area contributed by atoms with Gasteiger partial charge in [-0.15, -0.1) is 0 Å². The summed E-state index contributed by atoms with van der Waals surface area (Å²) in [4.78, 5) is 16.7. The highest BCUT2D eigenvalue weighted by atomic mass is 32.2. The Bertz CT molecular complexity index is 1220. The molecule has 1 fully saturated rings. The monoisotopic (exact) mass is 458 g/mol. The largest absolute Gasteiger partial charge is 0.472 e. The summed E-state index contributed by atoms with van der Waals surface area (Å²) in [6, 6.07) is 8.89. The SMILES string of the molecule is Cc1noc(NS(=O)(=O)c2ccc(NC(=O)c3ccnc(OC4CCOC4)c3)cc2)c1C. The molecule has 0 aliphatic carbocycles. The topological polar surface area (TPSA) is 133 Å². The zero-order chi connectivity index (χ0) is 22.7. The Kier molecular flexibility index (Phi) is 6.10. The Morgan fingerprint density at radius 3 is 2.62 bits per heavy atom. The molecule has 2 N–H and O–H groups in total. The van der Waals surface area contributed by atoms with Crippen molar-refractivity contribution >= 4 is 27.5 Å². The van der Waals surface area contributed by atoms with Gasteiger partial charge in [0, 0.05) is 35.5 Å². The van der Waals surface area contributed by atoms with Crippen molar-refractivity contribution in [2.45, 2.75) is 31.3 Å². The van der Waals surface area contributed by atoms with Gasteiger partial charge in [-0.1, -0.05) is 5.16 Å². The van der Waals surface area contributed by atoms with E-state index in [4.69, 9.17) is 14.0 Å². The lowest BCUT2D eigenvalue weighted by atomic mass is 10.2. The minimum Gasteiger partial charge on any atom is -0.472 e. The number of pyridine rings is 1. The Hall–Kier alpha value is -3.44. The summed E-state index contributed by atoms with van der Waals surface area (Å²) >= 11 is 0. The van der Waals surface area contributed by atoms with Crippen LogP contribution in [0.15, 0.2) is 52.0 Å².